The molecule has 2 amide bonds. The van der Waals surface area contributed by atoms with Gasteiger partial charge >= 0.3 is 24.1 Å². The number of imidazole rings is 1. The number of esters is 1. The minimum Gasteiger partial charge on any atom is -0.475 e. The fourth-order valence-electron chi connectivity index (χ4n) is 3.69. The number of hydrogen-bond acceptors (Lipinski definition) is 8. The predicted molar refractivity (Wildman–Crippen MR) is 172 cm³/mol. The number of nitrogens with one attached hydrogen (secondary N) is 3. The molecule has 0 fully saturated rings. The van der Waals surface area contributed by atoms with Crippen molar-refractivity contribution in [1.82, 2.24) is 24.9 Å². The van der Waals surface area contributed by atoms with Crippen LogP contribution in [0, 0.1) is 6.92 Å². The molecule has 13 nitrogen and oxygen atoms in total. The van der Waals surface area contributed by atoms with Crippen molar-refractivity contribution in [1.29, 1.82) is 0 Å². The van der Waals surface area contributed by atoms with Crippen LogP contribution in [0.3, 0.4) is 0 Å². The quantitative estimate of drug-likeness (QED) is 0.169. The normalized spacial score (nSPS) is 12.1. The Balaban J connectivity index is 0.000000402. The standard InChI is InChI=1S/C16H25NO3S.C13H16N4O3.C2HF3O2/c1-13-6-8-14(9-7-13)12-15(10-11-18)21(19,20)17(5)16(2,3)4;1-2-20-12(18)8-15-13(19)14-7-11-16-9-5-3-4-6-10(9)17-11;3-2(4,5)1(6)7/h6-9,11,15H,10,12H2,1-5H3;3-6H,2,7-8H2,1H3,(H,16,17)(H2,14,15,19);(H,6,7). The first-order chi connectivity index (χ1) is 22.2. The van der Waals surface area contributed by atoms with Gasteiger partial charge in [-0.3, -0.25) is 4.79 Å². The number of para-hydroxylation sites is 2. The molecule has 0 bridgehead atoms. The molecule has 1 aromatic heterocycles. The van der Waals surface area contributed by atoms with Gasteiger partial charge in [-0.25, -0.2) is 23.0 Å². The van der Waals surface area contributed by atoms with Crippen LogP contribution in [-0.4, -0.2) is 89.2 Å². The molecule has 3 aromatic rings. The van der Waals surface area contributed by atoms with E-state index in [4.69, 9.17) is 14.6 Å². The molecule has 17 heteroatoms. The van der Waals surface area contributed by atoms with Crippen molar-refractivity contribution in [2.45, 2.75) is 71.0 Å². The van der Waals surface area contributed by atoms with Crippen molar-refractivity contribution in [2.75, 3.05) is 20.2 Å². The van der Waals surface area contributed by atoms with Crippen LogP contribution in [0.1, 0.15) is 51.1 Å². The number of rotatable bonds is 11. The van der Waals surface area contributed by atoms with Gasteiger partial charge in [0.05, 0.1) is 29.4 Å². The maximum Gasteiger partial charge on any atom is 0.490 e. The van der Waals surface area contributed by atoms with Gasteiger partial charge in [0.15, 0.2) is 0 Å². The van der Waals surface area contributed by atoms with Crippen LogP contribution in [-0.2, 0) is 42.1 Å². The molecule has 0 aliphatic heterocycles. The molecule has 0 aliphatic carbocycles. The number of aromatic nitrogens is 2. The number of carboxylic acid groups (broad SMARTS) is 1. The predicted octanol–water partition coefficient (Wildman–Crippen LogP) is 4.11. The third kappa shape index (κ3) is 14.5. The van der Waals surface area contributed by atoms with Gasteiger partial charge in [-0.15, -0.1) is 0 Å². The first-order valence-corrected chi connectivity index (χ1v) is 16.1. The number of aliphatic carboxylic acids is 1. The highest BCUT2D eigenvalue weighted by atomic mass is 32.2. The van der Waals surface area contributed by atoms with E-state index in [1.54, 1.807) is 14.0 Å². The summed E-state index contributed by atoms with van der Waals surface area (Å²) in [5, 5.41) is 11.4. The van der Waals surface area contributed by atoms with E-state index in [9.17, 15) is 36.0 Å². The Morgan fingerprint density at radius 2 is 1.65 bits per heavy atom. The minimum absolute atomic E-state index is 0.0105. The molecule has 1 heterocycles. The van der Waals surface area contributed by atoms with Crippen LogP contribution in [0.5, 0.6) is 0 Å². The smallest absolute Gasteiger partial charge is 0.475 e. The Bertz CT molecular complexity index is 1570. The van der Waals surface area contributed by atoms with Gasteiger partial charge < -0.3 is 30.3 Å². The molecule has 4 N–H and O–H groups in total. The third-order valence-electron chi connectivity index (χ3n) is 6.49. The lowest BCUT2D eigenvalue weighted by atomic mass is 10.1. The number of amides is 2. The number of H-pyrrole nitrogens is 1. The zero-order chi connectivity index (χ0) is 36.7. The number of alkyl halides is 3. The third-order valence-corrected chi connectivity index (χ3v) is 9.00. The Kier molecular flexibility index (Phi) is 16.2. The van der Waals surface area contributed by atoms with Gasteiger partial charge in [0.2, 0.25) is 10.0 Å². The molecule has 1 atom stereocenters. The lowest BCUT2D eigenvalue weighted by Crippen LogP contribution is -2.47. The van der Waals surface area contributed by atoms with Crippen molar-refractivity contribution < 1.29 is 50.6 Å². The van der Waals surface area contributed by atoms with Crippen molar-refractivity contribution in [3.05, 3.63) is 65.5 Å². The zero-order valence-electron chi connectivity index (χ0n) is 27.6. The van der Waals surface area contributed by atoms with Crippen molar-refractivity contribution in [3.8, 4) is 0 Å². The van der Waals surface area contributed by atoms with Crippen LogP contribution in [0.15, 0.2) is 48.5 Å². The van der Waals surface area contributed by atoms with E-state index < -0.39 is 45.0 Å². The van der Waals surface area contributed by atoms with Gasteiger partial charge in [0, 0.05) is 19.0 Å². The fourth-order valence-corrected chi connectivity index (χ4v) is 5.63. The van der Waals surface area contributed by atoms with E-state index in [2.05, 4.69) is 20.6 Å². The summed E-state index contributed by atoms with van der Waals surface area (Å²) in [6.45, 7) is 9.61. The largest absolute Gasteiger partial charge is 0.490 e. The number of fused-ring (bicyclic) bond motifs is 1. The Labute approximate surface area is 277 Å². The van der Waals surface area contributed by atoms with Gasteiger partial charge in [0.1, 0.15) is 18.7 Å². The number of halogens is 3. The van der Waals surface area contributed by atoms with Gasteiger partial charge in [-0.1, -0.05) is 42.0 Å². The molecule has 3 rings (SSSR count). The van der Waals surface area contributed by atoms with Crippen molar-refractivity contribution in [2.24, 2.45) is 0 Å². The number of carbonyl (C=O) groups excluding carboxylic acids is 3. The van der Waals surface area contributed by atoms with Crippen LogP contribution < -0.4 is 10.6 Å². The number of aryl methyl sites for hydroxylation is 1. The van der Waals surface area contributed by atoms with E-state index >= 15 is 0 Å². The number of carboxylic acids is 1. The molecule has 0 aliphatic rings. The number of carbonyl (C=O) groups is 4. The van der Waals surface area contributed by atoms with E-state index in [1.807, 2.05) is 76.2 Å². The zero-order valence-corrected chi connectivity index (χ0v) is 28.4. The van der Waals surface area contributed by atoms with E-state index in [-0.39, 0.29) is 19.5 Å². The average Bonchev–Trinajstić information content (AvgIpc) is 3.42. The molecule has 0 radical (unpaired) electrons. The Hall–Kier alpha value is -4.51. The van der Waals surface area contributed by atoms with Crippen LogP contribution in [0.4, 0.5) is 18.0 Å². The summed E-state index contributed by atoms with van der Waals surface area (Å²) < 4.78 is 63.2. The molecule has 1 unspecified atom stereocenters. The number of hydrogen-bond donors (Lipinski definition) is 4. The molecule has 48 heavy (non-hydrogen) atoms. The second-order valence-electron chi connectivity index (χ2n) is 11.2. The van der Waals surface area contributed by atoms with E-state index in [1.165, 1.54) is 4.31 Å². The first-order valence-electron chi connectivity index (χ1n) is 14.6. The maximum absolute atomic E-state index is 12.7. The molecular formula is C31H42F3N5O8S. The molecule has 0 saturated heterocycles. The van der Waals surface area contributed by atoms with Crippen LogP contribution >= 0.6 is 0 Å². The highest BCUT2D eigenvalue weighted by Gasteiger charge is 2.38. The van der Waals surface area contributed by atoms with Crippen LogP contribution in [0.2, 0.25) is 0 Å². The first kappa shape index (κ1) is 41.5. The van der Waals surface area contributed by atoms with Gasteiger partial charge in [-0.05, 0) is 58.7 Å². The molecule has 266 valence electrons. The van der Waals surface area contributed by atoms with E-state index in [0.717, 1.165) is 22.2 Å². The van der Waals surface area contributed by atoms with Crippen molar-refractivity contribution in [3.63, 3.8) is 0 Å². The summed E-state index contributed by atoms with van der Waals surface area (Å²) >= 11 is 0. The highest BCUT2D eigenvalue weighted by molar-refractivity contribution is 7.89. The molecular weight excluding hydrogens is 659 g/mol. The number of ether oxygens (including phenoxy) is 1. The number of aromatic amines is 1. The summed E-state index contributed by atoms with van der Waals surface area (Å²) in [5.74, 6) is -2.57. The number of benzene rings is 2. The monoisotopic (exact) mass is 701 g/mol. The molecule has 0 saturated carbocycles. The summed E-state index contributed by atoms with van der Waals surface area (Å²) in [4.78, 5) is 49.7. The molecule has 2 aromatic carbocycles. The SMILES string of the molecule is CCOC(=O)CNC(=O)NCc1nc2ccccc2[nH]1.Cc1ccc(CC(CC=O)S(=O)(=O)N(C)C(C)(C)C)cc1.O=C(O)C(F)(F)F. The lowest BCUT2D eigenvalue weighted by molar-refractivity contribution is -0.192. The van der Waals surface area contributed by atoms with Crippen molar-refractivity contribution >= 4 is 45.3 Å². The second-order valence-corrected chi connectivity index (χ2v) is 13.5. The number of sulfonamides is 1. The van der Waals surface area contributed by atoms with E-state index in [0.29, 0.717) is 25.1 Å². The lowest BCUT2D eigenvalue weighted by Gasteiger charge is -2.33. The summed E-state index contributed by atoms with van der Waals surface area (Å²) in [6.07, 6.45) is -4.04. The number of urea groups is 1. The second kappa shape index (κ2) is 18.7. The minimum atomic E-state index is -5.08. The fraction of sp³-hybridized carbons (Fsp3) is 0.452. The number of aldehydes is 1. The van der Waals surface area contributed by atoms with Crippen LogP contribution in [0.25, 0.3) is 11.0 Å². The molecule has 0 spiro atoms. The average molecular weight is 702 g/mol. The number of nitrogens with zero attached hydrogens (tertiary/aromatic N) is 2. The maximum atomic E-state index is 12.7. The van der Waals surface area contributed by atoms with Gasteiger partial charge in [0.25, 0.3) is 0 Å². The Morgan fingerprint density at radius 1 is 1.06 bits per heavy atom. The highest BCUT2D eigenvalue weighted by Crippen LogP contribution is 2.23. The summed E-state index contributed by atoms with van der Waals surface area (Å²) in [6, 6.07) is 14.9. The summed E-state index contributed by atoms with van der Waals surface area (Å²) in [5.41, 5.74) is 3.30. The van der Waals surface area contributed by atoms with Gasteiger partial charge in [-0.2, -0.15) is 17.5 Å². The Morgan fingerprint density at radius 3 is 2.15 bits per heavy atom. The summed E-state index contributed by atoms with van der Waals surface area (Å²) in [7, 11) is -1.96. The topological polar surface area (TPSA) is 188 Å².